The van der Waals surface area contributed by atoms with Gasteiger partial charge in [-0.3, -0.25) is 4.79 Å². The van der Waals surface area contributed by atoms with Gasteiger partial charge in [0.2, 0.25) is 0 Å². The van der Waals surface area contributed by atoms with Crippen LogP contribution in [0.3, 0.4) is 0 Å². The summed E-state index contributed by atoms with van der Waals surface area (Å²) in [7, 11) is 0. The van der Waals surface area contributed by atoms with Crippen molar-refractivity contribution in [2.24, 2.45) is 5.92 Å². The van der Waals surface area contributed by atoms with Crippen molar-refractivity contribution < 1.29 is 19.0 Å². The summed E-state index contributed by atoms with van der Waals surface area (Å²) in [5, 5.41) is 0. The Morgan fingerprint density at radius 2 is 2.07 bits per heavy atom. The van der Waals surface area contributed by atoms with Crippen LogP contribution in [0.4, 0.5) is 0 Å². The molecule has 2 rings (SSSR count). The highest BCUT2D eigenvalue weighted by molar-refractivity contribution is 5.87. The van der Waals surface area contributed by atoms with E-state index in [9.17, 15) is 4.79 Å². The molecule has 0 aromatic heterocycles. The van der Waals surface area contributed by atoms with E-state index < -0.39 is 11.9 Å². The second-order valence-electron chi connectivity index (χ2n) is 4.42. The fourth-order valence-corrected chi connectivity index (χ4v) is 1.85. The average Bonchev–Trinajstić information content (AvgIpc) is 2.59. The van der Waals surface area contributed by atoms with Crippen molar-refractivity contribution in [2.45, 2.75) is 38.8 Å². The Balaban J connectivity index is 2.01. The van der Waals surface area contributed by atoms with Crippen LogP contribution in [0.2, 0.25) is 0 Å². The Bertz CT molecular complexity index is 249. The molecule has 2 saturated heterocycles. The fourth-order valence-electron chi connectivity index (χ4n) is 1.85. The van der Waals surface area contributed by atoms with E-state index >= 15 is 0 Å². The molecule has 0 radical (unpaired) electrons. The van der Waals surface area contributed by atoms with Crippen LogP contribution in [-0.4, -0.2) is 37.0 Å². The van der Waals surface area contributed by atoms with Gasteiger partial charge in [-0.05, 0) is 13.8 Å². The number of ketones is 1. The highest BCUT2D eigenvalue weighted by Gasteiger charge is 2.45. The van der Waals surface area contributed by atoms with Crippen LogP contribution < -0.4 is 0 Å². The quantitative estimate of drug-likeness (QED) is 0.626. The summed E-state index contributed by atoms with van der Waals surface area (Å²) in [6.45, 7) is 6.51. The van der Waals surface area contributed by atoms with Crippen LogP contribution in [0.25, 0.3) is 0 Å². The van der Waals surface area contributed by atoms with Gasteiger partial charge in [0.1, 0.15) is 12.2 Å². The highest BCUT2D eigenvalue weighted by Crippen LogP contribution is 2.29. The lowest BCUT2D eigenvalue weighted by Crippen LogP contribution is -2.35. The zero-order valence-corrected chi connectivity index (χ0v) is 8.78. The number of ether oxygens (including phenoxy) is 3. The minimum atomic E-state index is -0.583. The van der Waals surface area contributed by atoms with Crippen LogP contribution >= 0.6 is 0 Å². The van der Waals surface area contributed by atoms with Gasteiger partial charge in [0.15, 0.2) is 11.6 Å². The molecule has 0 bridgehead atoms. The molecule has 0 aromatic carbocycles. The maximum atomic E-state index is 11.6. The van der Waals surface area contributed by atoms with Crippen molar-refractivity contribution in [3.8, 4) is 0 Å². The van der Waals surface area contributed by atoms with Gasteiger partial charge in [-0.1, -0.05) is 6.92 Å². The van der Waals surface area contributed by atoms with Crippen LogP contribution in [0.5, 0.6) is 0 Å². The van der Waals surface area contributed by atoms with Gasteiger partial charge in [-0.25, -0.2) is 0 Å². The molecule has 14 heavy (non-hydrogen) atoms. The predicted octanol–water partition coefficient (Wildman–Crippen LogP) is 0.742. The summed E-state index contributed by atoms with van der Waals surface area (Å²) < 4.78 is 16.4. The third kappa shape index (κ3) is 1.69. The van der Waals surface area contributed by atoms with Gasteiger partial charge in [-0.2, -0.15) is 0 Å². The number of rotatable bonds is 1. The minimum Gasteiger partial charge on any atom is -0.367 e. The van der Waals surface area contributed by atoms with Crippen molar-refractivity contribution in [2.75, 3.05) is 13.2 Å². The zero-order valence-electron chi connectivity index (χ0n) is 8.78. The maximum Gasteiger partial charge on any atom is 0.169 e. The molecule has 2 aliphatic rings. The van der Waals surface area contributed by atoms with Crippen molar-refractivity contribution >= 4 is 5.78 Å². The summed E-state index contributed by atoms with van der Waals surface area (Å²) in [6, 6.07) is 0. The lowest BCUT2D eigenvalue weighted by molar-refractivity contribution is -0.156. The molecule has 0 aliphatic carbocycles. The van der Waals surface area contributed by atoms with Crippen molar-refractivity contribution in [1.29, 1.82) is 0 Å². The van der Waals surface area contributed by atoms with Crippen LogP contribution in [0.15, 0.2) is 0 Å². The first-order valence-corrected chi connectivity index (χ1v) is 4.97. The molecule has 0 spiro atoms. The highest BCUT2D eigenvalue weighted by atomic mass is 16.7. The average molecular weight is 200 g/mol. The third-order valence-electron chi connectivity index (χ3n) is 2.66. The van der Waals surface area contributed by atoms with E-state index in [2.05, 4.69) is 0 Å². The van der Waals surface area contributed by atoms with E-state index in [4.69, 9.17) is 14.2 Å². The first kappa shape index (κ1) is 10.1. The zero-order chi connectivity index (χ0) is 10.3. The monoisotopic (exact) mass is 200 g/mol. The minimum absolute atomic E-state index is 0.00712. The van der Waals surface area contributed by atoms with E-state index in [-0.39, 0.29) is 17.8 Å². The lowest BCUT2D eigenvalue weighted by atomic mass is 10.0. The second kappa shape index (κ2) is 3.29. The van der Waals surface area contributed by atoms with Gasteiger partial charge in [0, 0.05) is 5.92 Å². The molecule has 0 amide bonds. The molecule has 3 atom stereocenters. The maximum absolute atomic E-state index is 11.6. The van der Waals surface area contributed by atoms with E-state index in [1.165, 1.54) is 0 Å². The predicted molar refractivity (Wildman–Crippen MR) is 48.8 cm³/mol. The van der Waals surface area contributed by atoms with Gasteiger partial charge in [0.05, 0.1) is 13.2 Å². The summed E-state index contributed by atoms with van der Waals surface area (Å²) in [5.41, 5.74) is 0. The molecule has 2 fully saturated rings. The van der Waals surface area contributed by atoms with Crippen molar-refractivity contribution in [1.82, 2.24) is 0 Å². The van der Waals surface area contributed by atoms with Crippen molar-refractivity contribution in [3.05, 3.63) is 0 Å². The molecule has 0 aromatic rings. The lowest BCUT2D eigenvalue weighted by Gasteiger charge is -2.19. The Labute approximate surface area is 83.5 Å². The number of carbonyl (C=O) groups is 1. The molecule has 2 heterocycles. The molecular weight excluding hydrogens is 184 g/mol. The number of Topliss-reactive ketones (excluding diaryl/α,β-unsaturated/α-hetero) is 1. The van der Waals surface area contributed by atoms with Gasteiger partial charge >= 0.3 is 0 Å². The van der Waals surface area contributed by atoms with Gasteiger partial charge in [0.25, 0.3) is 0 Å². The SMILES string of the molecule is C[C@H]1CO[C@H]([C@H]2COC(C)(C)O2)C1=O. The Morgan fingerprint density at radius 3 is 2.50 bits per heavy atom. The Morgan fingerprint density at radius 1 is 1.36 bits per heavy atom. The van der Waals surface area contributed by atoms with Crippen LogP contribution in [0, 0.1) is 5.92 Å². The van der Waals surface area contributed by atoms with Crippen molar-refractivity contribution in [3.63, 3.8) is 0 Å². The number of hydrogen-bond donors (Lipinski definition) is 0. The molecule has 0 saturated carbocycles. The standard InChI is InChI=1S/C10H16O4/c1-6-4-12-9(8(6)11)7-5-13-10(2,3)14-7/h6-7,9H,4-5H2,1-3H3/t6-,7+,9+/m0/s1. The smallest absolute Gasteiger partial charge is 0.169 e. The van der Waals surface area contributed by atoms with Crippen LogP contribution in [-0.2, 0) is 19.0 Å². The topological polar surface area (TPSA) is 44.8 Å². The fraction of sp³-hybridized carbons (Fsp3) is 0.900. The molecule has 80 valence electrons. The summed E-state index contributed by atoms with van der Waals surface area (Å²) >= 11 is 0. The molecule has 4 heteroatoms. The Kier molecular flexibility index (Phi) is 2.37. The molecular formula is C10H16O4. The number of hydrogen-bond acceptors (Lipinski definition) is 4. The van der Waals surface area contributed by atoms with Gasteiger partial charge in [-0.15, -0.1) is 0 Å². The van der Waals surface area contributed by atoms with E-state index in [1.807, 2.05) is 20.8 Å². The third-order valence-corrected chi connectivity index (χ3v) is 2.66. The number of carbonyl (C=O) groups excluding carboxylic acids is 1. The van der Waals surface area contributed by atoms with Crippen LogP contribution in [0.1, 0.15) is 20.8 Å². The first-order chi connectivity index (χ1) is 6.49. The Hall–Kier alpha value is -0.450. The summed E-state index contributed by atoms with van der Waals surface area (Å²) in [6.07, 6.45) is -0.658. The summed E-state index contributed by atoms with van der Waals surface area (Å²) in [5.74, 6) is -0.455. The normalized spacial score (nSPS) is 41.9. The molecule has 4 nitrogen and oxygen atoms in total. The summed E-state index contributed by atoms with van der Waals surface area (Å²) in [4.78, 5) is 11.6. The molecule has 0 unspecified atom stereocenters. The van der Waals surface area contributed by atoms with E-state index in [0.29, 0.717) is 13.2 Å². The second-order valence-corrected chi connectivity index (χ2v) is 4.42. The largest absolute Gasteiger partial charge is 0.367 e. The first-order valence-electron chi connectivity index (χ1n) is 4.97. The van der Waals surface area contributed by atoms with Gasteiger partial charge < -0.3 is 14.2 Å². The molecule has 2 aliphatic heterocycles. The molecule has 0 N–H and O–H groups in total. The van der Waals surface area contributed by atoms with E-state index in [0.717, 1.165) is 0 Å². The van der Waals surface area contributed by atoms with E-state index in [1.54, 1.807) is 0 Å².